The van der Waals surface area contributed by atoms with E-state index in [0.29, 0.717) is 17.6 Å². The van der Waals surface area contributed by atoms with Crippen molar-refractivity contribution >= 4 is 23.2 Å². The maximum absolute atomic E-state index is 13.9. The molecular weight excluding hydrogens is 458 g/mol. The number of hydrazine groups is 1. The number of hydrogen-bond donors (Lipinski definition) is 1. The summed E-state index contributed by atoms with van der Waals surface area (Å²) in [6.45, 7) is 6.91. The maximum Gasteiger partial charge on any atom is 0.241 e. The topological polar surface area (TPSA) is 42.1 Å². The normalized spacial score (nSPS) is 25.5. The number of fused-ring (bicyclic) bond motifs is 3. The molecule has 2 aromatic rings. The maximum atomic E-state index is 13.9. The number of nitrogens with one attached hydrogen (secondary N) is 1. The molecule has 35 heavy (non-hydrogen) atoms. The third-order valence-corrected chi connectivity index (χ3v) is 8.54. The molecule has 3 aliphatic heterocycles. The van der Waals surface area contributed by atoms with Gasteiger partial charge in [-0.25, -0.2) is 5.01 Å². The van der Waals surface area contributed by atoms with Crippen LogP contribution < -0.4 is 10.2 Å². The predicted molar refractivity (Wildman–Crippen MR) is 141 cm³/mol. The molecular formula is C28H34ClN5O. The molecule has 4 aliphatic rings. The van der Waals surface area contributed by atoms with Crippen molar-refractivity contribution in [3.63, 3.8) is 0 Å². The number of likely N-dealkylation sites (N-methyl/N-ethyl adjacent to an activating group) is 1. The number of amides is 1. The highest BCUT2D eigenvalue weighted by Gasteiger charge is 2.48. The smallest absolute Gasteiger partial charge is 0.241 e. The van der Waals surface area contributed by atoms with E-state index >= 15 is 0 Å². The van der Waals surface area contributed by atoms with Gasteiger partial charge in [0.25, 0.3) is 0 Å². The largest absolute Gasteiger partial charge is 0.312 e. The van der Waals surface area contributed by atoms with E-state index in [1.807, 2.05) is 17.0 Å². The van der Waals surface area contributed by atoms with Crippen molar-refractivity contribution in [1.82, 2.24) is 20.2 Å². The number of rotatable bonds is 4. The summed E-state index contributed by atoms with van der Waals surface area (Å²) in [5.41, 5.74) is 5.01. The Bertz CT molecular complexity index is 1140. The third-order valence-electron chi connectivity index (χ3n) is 8.31. The molecule has 3 heterocycles. The van der Waals surface area contributed by atoms with E-state index in [-0.39, 0.29) is 17.4 Å². The summed E-state index contributed by atoms with van der Waals surface area (Å²) < 4.78 is 0. The van der Waals surface area contributed by atoms with Crippen molar-refractivity contribution < 1.29 is 4.79 Å². The van der Waals surface area contributed by atoms with Crippen LogP contribution in [0.1, 0.15) is 23.6 Å². The minimum Gasteiger partial charge on any atom is -0.312 e. The molecule has 2 aromatic carbocycles. The van der Waals surface area contributed by atoms with E-state index in [1.165, 1.54) is 16.7 Å². The summed E-state index contributed by atoms with van der Waals surface area (Å²) in [6.07, 6.45) is 6.28. The summed E-state index contributed by atoms with van der Waals surface area (Å²) >= 11 is 6.45. The van der Waals surface area contributed by atoms with Crippen LogP contribution in [0.3, 0.4) is 0 Å². The van der Waals surface area contributed by atoms with Gasteiger partial charge in [0.15, 0.2) is 0 Å². The van der Waals surface area contributed by atoms with Gasteiger partial charge in [0, 0.05) is 67.6 Å². The molecule has 2 atom stereocenters. The SMILES string of the molecule is C[C@@H]1CN(CC(=O)N2CC3(Cc4ccccc4C3)c3ccc(Cl)cc32)[C@@H](CN2C=CCN2C)CN1. The van der Waals surface area contributed by atoms with Crippen LogP contribution in [0.4, 0.5) is 5.69 Å². The van der Waals surface area contributed by atoms with Crippen molar-refractivity contribution in [2.24, 2.45) is 0 Å². The van der Waals surface area contributed by atoms with E-state index in [2.05, 4.69) is 76.8 Å². The standard InChI is InChI=1S/C28H34ClN5O/c1-20-16-32(24(15-30-20)17-33-11-5-10-31(33)2)18-27(35)34-19-28(25-9-8-23(29)12-26(25)34)13-21-6-3-4-7-22(21)14-28/h3-9,11-12,20,24,30H,10,13-19H2,1-2H3/t20-,24-/m1/s1. The molecule has 6 rings (SSSR count). The number of nitrogens with zero attached hydrogens (tertiary/aromatic N) is 4. The fraction of sp³-hybridized carbons (Fsp3) is 0.464. The first-order chi connectivity index (χ1) is 16.9. The zero-order valence-corrected chi connectivity index (χ0v) is 21.3. The Labute approximate surface area is 213 Å². The lowest BCUT2D eigenvalue weighted by Crippen LogP contribution is -2.61. The van der Waals surface area contributed by atoms with Crippen molar-refractivity contribution in [2.75, 3.05) is 51.2 Å². The van der Waals surface area contributed by atoms with Crippen LogP contribution in [0.25, 0.3) is 0 Å². The summed E-state index contributed by atoms with van der Waals surface area (Å²) in [5, 5.41) is 8.78. The Kier molecular flexibility index (Phi) is 5.88. The first-order valence-corrected chi connectivity index (χ1v) is 13.1. The minimum atomic E-state index is -0.0571. The van der Waals surface area contributed by atoms with E-state index in [4.69, 9.17) is 11.6 Å². The van der Waals surface area contributed by atoms with E-state index in [1.54, 1.807) is 0 Å². The monoisotopic (exact) mass is 491 g/mol. The first kappa shape index (κ1) is 23.0. The molecule has 0 bridgehead atoms. The molecule has 1 fully saturated rings. The van der Waals surface area contributed by atoms with Gasteiger partial charge >= 0.3 is 0 Å². The van der Waals surface area contributed by atoms with Gasteiger partial charge in [-0.3, -0.25) is 9.69 Å². The summed E-state index contributed by atoms with van der Waals surface area (Å²) in [7, 11) is 2.11. The molecule has 0 unspecified atom stereocenters. The Hall–Kier alpha value is -2.38. The molecule has 7 heteroatoms. The van der Waals surface area contributed by atoms with Gasteiger partial charge in [-0.1, -0.05) is 48.0 Å². The molecule has 6 nitrogen and oxygen atoms in total. The molecule has 1 N–H and O–H groups in total. The van der Waals surface area contributed by atoms with Gasteiger partial charge in [-0.05, 0) is 48.6 Å². The molecule has 1 aliphatic carbocycles. The first-order valence-electron chi connectivity index (χ1n) is 12.7. The van der Waals surface area contributed by atoms with Gasteiger partial charge in [-0.2, -0.15) is 0 Å². The Morgan fingerprint density at radius 3 is 2.66 bits per heavy atom. The molecule has 184 valence electrons. The van der Waals surface area contributed by atoms with Crippen LogP contribution >= 0.6 is 11.6 Å². The van der Waals surface area contributed by atoms with Gasteiger partial charge in [0.2, 0.25) is 5.91 Å². The second-order valence-corrected chi connectivity index (χ2v) is 11.2. The van der Waals surface area contributed by atoms with Crippen LogP contribution in [-0.2, 0) is 23.1 Å². The van der Waals surface area contributed by atoms with Crippen molar-refractivity contribution in [1.29, 1.82) is 0 Å². The van der Waals surface area contributed by atoms with Crippen LogP contribution in [0.15, 0.2) is 54.7 Å². The third kappa shape index (κ3) is 4.16. The zero-order chi connectivity index (χ0) is 24.2. The number of hydrogen-bond acceptors (Lipinski definition) is 5. The molecule has 1 saturated heterocycles. The Balaban J connectivity index is 1.24. The van der Waals surface area contributed by atoms with E-state index in [0.717, 1.165) is 51.3 Å². The number of carbonyl (C=O) groups is 1. The number of carbonyl (C=O) groups excluding carboxylic acids is 1. The molecule has 0 saturated carbocycles. The molecule has 0 aromatic heterocycles. The highest BCUT2D eigenvalue weighted by atomic mass is 35.5. The Morgan fingerprint density at radius 1 is 1.17 bits per heavy atom. The fourth-order valence-electron chi connectivity index (χ4n) is 6.49. The average molecular weight is 492 g/mol. The number of anilines is 1. The summed E-state index contributed by atoms with van der Waals surface area (Å²) in [6, 6.07) is 15.5. The molecule has 1 amide bonds. The summed E-state index contributed by atoms with van der Waals surface area (Å²) in [4.78, 5) is 18.3. The Morgan fingerprint density at radius 2 is 1.94 bits per heavy atom. The van der Waals surface area contributed by atoms with Crippen LogP contribution in [0.5, 0.6) is 0 Å². The highest BCUT2D eigenvalue weighted by Crippen LogP contribution is 2.49. The zero-order valence-electron chi connectivity index (χ0n) is 20.6. The van der Waals surface area contributed by atoms with Crippen molar-refractivity contribution in [3.8, 4) is 0 Å². The molecule has 0 radical (unpaired) electrons. The quantitative estimate of drug-likeness (QED) is 0.712. The van der Waals surface area contributed by atoms with E-state index in [9.17, 15) is 4.79 Å². The second-order valence-electron chi connectivity index (χ2n) is 10.8. The van der Waals surface area contributed by atoms with E-state index < -0.39 is 0 Å². The lowest BCUT2D eigenvalue weighted by Gasteiger charge is -2.42. The number of benzene rings is 2. The van der Waals surface area contributed by atoms with Gasteiger partial charge in [0.05, 0.1) is 13.1 Å². The van der Waals surface area contributed by atoms with Gasteiger partial charge in [0.1, 0.15) is 0 Å². The fourth-order valence-corrected chi connectivity index (χ4v) is 6.66. The number of piperazine rings is 1. The highest BCUT2D eigenvalue weighted by molar-refractivity contribution is 6.31. The van der Waals surface area contributed by atoms with Gasteiger partial charge in [-0.15, -0.1) is 0 Å². The van der Waals surface area contributed by atoms with Crippen molar-refractivity contribution in [3.05, 3.63) is 76.5 Å². The molecule has 1 spiro atoms. The minimum absolute atomic E-state index is 0.0571. The van der Waals surface area contributed by atoms with Gasteiger partial charge < -0.3 is 15.2 Å². The number of halogens is 1. The van der Waals surface area contributed by atoms with Crippen LogP contribution in [0.2, 0.25) is 5.02 Å². The lowest BCUT2D eigenvalue weighted by molar-refractivity contribution is -0.121. The predicted octanol–water partition coefficient (Wildman–Crippen LogP) is 3.06. The summed E-state index contributed by atoms with van der Waals surface area (Å²) in [5.74, 6) is 0.172. The average Bonchev–Trinajstić information content (AvgIpc) is 3.50. The van der Waals surface area contributed by atoms with Crippen LogP contribution in [0, 0.1) is 0 Å². The second kappa shape index (κ2) is 8.93. The van der Waals surface area contributed by atoms with Crippen molar-refractivity contribution in [2.45, 2.75) is 37.3 Å². The lowest BCUT2D eigenvalue weighted by atomic mass is 9.79. The van der Waals surface area contributed by atoms with Crippen LogP contribution in [-0.4, -0.2) is 79.2 Å².